The van der Waals surface area contributed by atoms with Crippen molar-refractivity contribution in [1.82, 2.24) is 20.0 Å². The molecule has 2 aliphatic rings. The van der Waals surface area contributed by atoms with Gasteiger partial charge in [0.2, 0.25) is 0 Å². The van der Waals surface area contributed by atoms with Crippen LogP contribution < -0.4 is 0 Å². The molecule has 1 aromatic carbocycles. The molecule has 6 heteroatoms. The van der Waals surface area contributed by atoms with Crippen LogP contribution in [-0.2, 0) is 16.6 Å². The highest BCUT2D eigenvalue weighted by atomic mass is 16.5. The van der Waals surface area contributed by atoms with Gasteiger partial charge in [0.05, 0.1) is 18.9 Å². The third-order valence-electron chi connectivity index (χ3n) is 6.67. The number of carbonyl (C=O) groups excluding carboxylic acids is 1. The van der Waals surface area contributed by atoms with Gasteiger partial charge in [0, 0.05) is 49.1 Å². The molecule has 6 nitrogen and oxygen atoms in total. The van der Waals surface area contributed by atoms with Crippen molar-refractivity contribution in [2.75, 3.05) is 39.4 Å². The van der Waals surface area contributed by atoms with E-state index in [0.29, 0.717) is 32.2 Å². The predicted octanol–water partition coefficient (Wildman–Crippen LogP) is 4.29. The van der Waals surface area contributed by atoms with E-state index in [0.717, 1.165) is 37.3 Å². The van der Waals surface area contributed by atoms with E-state index in [2.05, 4.69) is 73.1 Å². The van der Waals surface area contributed by atoms with Crippen molar-refractivity contribution >= 4 is 6.03 Å². The number of urea groups is 1. The van der Waals surface area contributed by atoms with Gasteiger partial charge in [-0.15, -0.1) is 0 Å². The number of aromatic nitrogens is 2. The number of ether oxygens (including phenoxy) is 1. The molecular weight excluding hydrogens is 388 g/mol. The van der Waals surface area contributed by atoms with E-state index in [-0.39, 0.29) is 17.4 Å². The number of hydrogen-bond donors (Lipinski definition) is 1. The summed E-state index contributed by atoms with van der Waals surface area (Å²) in [7, 11) is 0. The Bertz CT molecular complexity index is 878. The zero-order valence-electron chi connectivity index (χ0n) is 19.4. The number of benzene rings is 1. The van der Waals surface area contributed by atoms with Crippen molar-refractivity contribution in [2.45, 2.75) is 57.8 Å². The molecule has 4 rings (SSSR count). The molecule has 2 amide bonds. The van der Waals surface area contributed by atoms with Crippen molar-refractivity contribution < 1.29 is 9.53 Å². The van der Waals surface area contributed by atoms with Gasteiger partial charge in [-0.05, 0) is 30.0 Å². The average molecular weight is 425 g/mol. The van der Waals surface area contributed by atoms with Gasteiger partial charge in [-0.1, -0.05) is 52.0 Å². The standard InChI is InChI=1S/C25H36N4O2/c1-5-18-6-8-19(9-7-18)20-14-21(22-15-23(27-26-22)25(2,3)4)17-29(16-20)24(30)28-10-12-31-13-11-28/h6-9,15,20-21H,5,10-14,16-17H2,1-4H3,(H,26,27). The zero-order chi connectivity index (χ0) is 22.0. The fourth-order valence-corrected chi connectivity index (χ4v) is 4.63. The van der Waals surface area contributed by atoms with Crippen molar-refractivity contribution in [1.29, 1.82) is 0 Å². The highest BCUT2D eigenvalue weighted by Crippen LogP contribution is 2.37. The summed E-state index contributed by atoms with van der Waals surface area (Å²) in [6.45, 7) is 12.8. The highest BCUT2D eigenvalue weighted by Gasteiger charge is 2.35. The maximum atomic E-state index is 13.3. The van der Waals surface area contributed by atoms with E-state index in [4.69, 9.17) is 4.74 Å². The number of amides is 2. The van der Waals surface area contributed by atoms with Crippen LogP contribution in [-0.4, -0.2) is 65.4 Å². The van der Waals surface area contributed by atoms with Crippen LogP contribution in [0.15, 0.2) is 30.3 Å². The van der Waals surface area contributed by atoms with E-state index in [1.807, 2.05) is 4.90 Å². The Balaban J connectivity index is 1.59. The maximum Gasteiger partial charge on any atom is 0.320 e. The Kier molecular flexibility index (Phi) is 6.37. The monoisotopic (exact) mass is 424 g/mol. The van der Waals surface area contributed by atoms with Gasteiger partial charge in [0.15, 0.2) is 0 Å². The van der Waals surface area contributed by atoms with Crippen LogP contribution in [0.4, 0.5) is 4.79 Å². The second kappa shape index (κ2) is 9.03. The minimum atomic E-state index is 0.00209. The summed E-state index contributed by atoms with van der Waals surface area (Å²) in [5, 5.41) is 7.88. The number of nitrogens with zero attached hydrogens (tertiary/aromatic N) is 3. The Morgan fingerprint density at radius 2 is 1.77 bits per heavy atom. The third kappa shape index (κ3) is 4.95. The number of rotatable bonds is 3. The number of nitrogens with one attached hydrogen (secondary N) is 1. The first-order valence-corrected chi connectivity index (χ1v) is 11.6. The quantitative estimate of drug-likeness (QED) is 0.799. The van der Waals surface area contributed by atoms with Gasteiger partial charge in [0.25, 0.3) is 0 Å². The molecular formula is C25H36N4O2. The lowest BCUT2D eigenvalue weighted by Crippen LogP contribution is -2.52. The molecule has 2 fully saturated rings. The SMILES string of the molecule is CCc1ccc(C2CC(c3cc(C(C)(C)C)n[nH]3)CN(C(=O)N3CCOCC3)C2)cc1. The predicted molar refractivity (Wildman–Crippen MR) is 123 cm³/mol. The van der Waals surface area contributed by atoms with Gasteiger partial charge < -0.3 is 14.5 Å². The molecule has 0 saturated carbocycles. The van der Waals surface area contributed by atoms with Crippen molar-refractivity contribution in [3.8, 4) is 0 Å². The molecule has 0 aliphatic carbocycles. The van der Waals surface area contributed by atoms with Gasteiger partial charge in [-0.25, -0.2) is 4.79 Å². The van der Waals surface area contributed by atoms with Crippen molar-refractivity contribution in [3.05, 3.63) is 52.8 Å². The minimum Gasteiger partial charge on any atom is -0.378 e. The summed E-state index contributed by atoms with van der Waals surface area (Å²) < 4.78 is 5.45. The Morgan fingerprint density at radius 3 is 2.39 bits per heavy atom. The average Bonchev–Trinajstić information content (AvgIpc) is 3.30. The lowest BCUT2D eigenvalue weighted by molar-refractivity contribution is 0.0398. The van der Waals surface area contributed by atoms with E-state index >= 15 is 0 Å². The molecule has 168 valence electrons. The Hall–Kier alpha value is -2.34. The first-order chi connectivity index (χ1) is 14.8. The molecule has 0 radical (unpaired) electrons. The summed E-state index contributed by atoms with van der Waals surface area (Å²) in [5.41, 5.74) is 4.88. The summed E-state index contributed by atoms with van der Waals surface area (Å²) >= 11 is 0. The van der Waals surface area contributed by atoms with E-state index in [9.17, 15) is 4.79 Å². The molecule has 0 spiro atoms. The number of morpholine rings is 1. The summed E-state index contributed by atoms with van der Waals surface area (Å²) in [5.74, 6) is 0.564. The van der Waals surface area contributed by atoms with Gasteiger partial charge in [0.1, 0.15) is 0 Å². The summed E-state index contributed by atoms with van der Waals surface area (Å²) in [6, 6.07) is 11.3. The Morgan fingerprint density at radius 1 is 1.10 bits per heavy atom. The normalized spacial score (nSPS) is 22.6. The second-order valence-electron chi connectivity index (χ2n) is 9.97. The molecule has 2 aliphatic heterocycles. The highest BCUT2D eigenvalue weighted by molar-refractivity contribution is 5.75. The van der Waals surface area contributed by atoms with Crippen LogP contribution in [0.25, 0.3) is 0 Å². The lowest BCUT2D eigenvalue weighted by atomic mass is 9.82. The largest absolute Gasteiger partial charge is 0.378 e. The topological polar surface area (TPSA) is 61.5 Å². The fourth-order valence-electron chi connectivity index (χ4n) is 4.63. The van der Waals surface area contributed by atoms with E-state index in [1.165, 1.54) is 11.1 Å². The number of likely N-dealkylation sites (tertiary alicyclic amines) is 1. The molecule has 1 N–H and O–H groups in total. The molecule has 3 heterocycles. The fraction of sp³-hybridized carbons (Fsp3) is 0.600. The van der Waals surface area contributed by atoms with Crippen LogP contribution in [0.5, 0.6) is 0 Å². The first-order valence-electron chi connectivity index (χ1n) is 11.6. The van der Waals surface area contributed by atoms with Crippen LogP contribution in [0.1, 0.15) is 68.5 Å². The van der Waals surface area contributed by atoms with Crippen molar-refractivity contribution in [3.63, 3.8) is 0 Å². The number of carbonyl (C=O) groups is 1. The third-order valence-corrected chi connectivity index (χ3v) is 6.67. The number of H-pyrrole nitrogens is 1. The van der Waals surface area contributed by atoms with Crippen LogP contribution in [0, 0.1) is 0 Å². The molecule has 2 aromatic rings. The van der Waals surface area contributed by atoms with Gasteiger partial charge in [-0.2, -0.15) is 5.10 Å². The number of aryl methyl sites for hydroxylation is 1. The van der Waals surface area contributed by atoms with E-state index in [1.54, 1.807) is 0 Å². The number of hydrogen-bond acceptors (Lipinski definition) is 3. The lowest BCUT2D eigenvalue weighted by Gasteiger charge is -2.41. The molecule has 2 atom stereocenters. The summed E-state index contributed by atoms with van der Waals surface area (Å²) in [4.78, 5) is 17.3. The zero-order valence-corrected chi connectivity index (χ0v) is 19.4. The smallest absolute Gasteiger partial charge is 0.320 e. The first kappa shape index (κ1) is 21.9. The Labute approximate surface area is 186 Å². The van der Waals surface area contributed by atoms with E-state index < -0.39 is 0 Å². The number of piperidine rings is 1. The van der Waals surface area contributed by atoms with Crippen molar-refractivity contribution in [2.24, 2.45) is 0 Å². The van der Waals surface area contributed by atoms with Crippen LogP contribution in [0.2, 0.25) is 0 Å². The number of aromatic amines is 1. The molecule has 31 heavy (non-hydrogen) atoms. The molecule has 1 aromatic heterocycles. The molecule has 0 bridgehead atoms. The molecule has 2 saturated heterocycles. The molecule has 2 unspecified atom stereocenters. The van der Waals surface area contributed by atoms with Crippen LogP contribution in [0.3, 0.4) is 0 Å². The van der Waals surface area contributed by atoms with Gasteiger partial charge >= 0.3 is 6.03 Å². The minimum absolute atomic E-state index is 0.00209. The van der Waals surface area contributed by atoms with Gasteiger partial charge in [-0.3, -0.25) is 5.10 Å². The maximum absolute atomic E-state index is 13.3. The second-order valence-corrected chi connectivity index (χ2v) is 9.97. The summed E-state index contributed by atoms with van der Waals surface area (Å²) in [6.07, 6.45) is 2.06. The van der Waals surface area contributed by atoms with Crippen LogP contribution >= 0.6 is 0 Å².